The van der Waals surface area contributed by atoms with E-state index in [0.717, 1.165) is 6.42 Å². The summed E-state index contributed by atoms with van der Waals surface area (Å²) in [4.78, 5) is -0.0522. The molecule has 0 unspecified atom stereocenters. The number of primary sulfonamides is 1. The van der Waals surface area contributed by atoms with Crippen LogP contribution in [-0.2, 0) is 16.4 Å². The molecule has 0 radical (unpaired) electrons. The third-order valence-corrected chi connectivity index (χ3v) is 4.85. The molecule has 0 bridgehead atoms. The van der Waals surface area contributed by atoms with Gasteiger partial charge in [0.15, 0.2) is 0 Å². The third kappa shape index (κ3) is 2.69. The molecule has 22 heavy (non-hydrogen) atoms. The molecule has 0 amide bonds. The molecule has 0 saturated carbocycles. The number of benzene rings is 2. The maximum atomic E-state index is 11.3. The lowest BCUT2D eigenvalue weighted by atomic mass is 9.77. The molecule has 1 atom stereocenters. The van der Waals surface area contributed by atoms with Gasteiger partial charge in [0.1, 0.15) is 6.07 Å². The van der Waals surface area contributed by atoms with Gasteiger partial charge in [-0.25, -0.2) is 13.6 Å². The summed E-state index contributed by atoms with van der Waals surface area (Å²) in [5.74, 6) is 0.417. The van der Waals surface area contributed by atoms with Crippen molar-refractivity contribution in [3.05, 3.63) is 59.2 Å². The lowest BCUT2D eigenvalue weighted by molar-refractivity contribution is 0.597. The Morgan fingerprint density at radius 1 is 1.27 bits per heavy atom. The summed E-state index contributed by atoms with van der Waals surface area (Å²) in [5, 5.41) is 17.5. The van der Waals surface area contributed by atoms with Crippen molar-refractivity contribution >= 4 is 15.7 Å². The fraction of sp³-hybridized carbons (Fsp3) is 0.188. The van der Waals surface area contributed by atoms with Gasteiger partial charge in [0.05, 0.1) is 16.1 Å². The molecule has 0 fully saturated rings. The number of nitrogens with one attached hydrogen (secondary N) is 1. The fourth-order valence-corrected chi connectivity index (χ4v) is 3.26. The molecule has 5 nitrogen and oxygen atoms in total. The zero-order chi connectivity index (χ0) is 15.7. The molecule has 112 valence electrons. The van der Waals surface area contributed by atoms with E-state index in [0.29, 0.717) is 18.2 Å². The topological polar surface area (TPSA) is 96.0 Å². The van der Waals surface area contributed by atoms with Crippen LogP contribution >= 0.6 is 0 Å². The first-order valence-corrected chi connectivity index (χ1v) is 8.42. The van der Waals surface area contributed by atoms with Crippen LogP contribution in [0.15, 0.2) is 47.4 Å². The van der Waals surface area contributed by atoms with Crippen molar-refractivity contribution in [2.24, 2.45) is 5.14 Å². The van der Waals surface area contributed by atoms with Gasteiger partial charge in [-0.3, -0.25) is 0 Å². The Kier molecular flexibility index (Phi) is 3.61. The molecule has 0 saturated heterocycles. The summed E-state index contributed by atoms with van der Waals surface area (Å²) in [7, 11) is -3.80. The Labute approximate surface area is 129 Å². The Bertz CT molecular complexity index is 869. The lowest BCUT2D eigenvalue weighted by Crippen LogP contribution is -2.24. The second-order valence-corrected chi connectivity index (χ2v) is 6.91. The SMILES string of the molecule is N#Cc1cc(S(N)(=O)=O)ccc1NC[C@@H]1Cc2ccccc21. The zero-order valence-electron chi connectivity index (χ0n) is 11.8. The normalized spacial score (nSPS) is 16.3. The summed E-state index contributed by atoms with van der Waals surface area (Å²) in [6, 6.07) is 14.6. The minimum absolute atomic E-state index is 0.0522. The second-order valence-electron chi connectivity index (χ2n) is 5.34. The summed E-state index contributed by atoms with van der Waals surface area (Å²) in [5.41, 5.74) is 3.59. The van der Waals surface area contributed by atoms with Gasteiger partial charge in [0.2, 0.25) is 10.0 Å². The molecular weight excluding hydrogens is 298 g/mol. The van der Waals surface area contributed by atoms with E-state index in [1.54, 1.807) is 6.07 Å². The largest absolute Gasteiger partial charge is 0.383 e. The van der Waals surface area contributed by atoms with Gasteiger partial charge in [-0.2, -0.15) is 5.26 Å². The quantitative estimate of drug-likeness (QED) is 0.901. The van der Waals surface area contributed by atoms with Gasteiger partial charge >= 0.3 is 0 Å². The minimum atomic E-state index is -3.80. The number of nitriles is 1. The van der Waals surface area contributed by atoms with Crippen LogP contribution in [0.25, 0.3) is 0 Å². The van der Waals surface area contributed by atoms with Crippen molar-refractivity contribution in [1.82, 2.24) is 0 Å². The van der Waals surface area contributed by atoms with Crippen LogP contribution in [0.3, 0.4) is 0 Å². The average molecular weight is 313 g/mol. The predicted molar refractivity (Wildman–Crippen MR) is 83.9 cm³/mol. The van der Waals surface area contributed by atoms with E-state index in [9.17, 15) is 13.7 Å². The van der Waals surface area contributed by atoms with Crippen LogP contribution < -0.4 is 10.5 Å². The molecule has 3 N–H and O–H groups in total. The highest BCUT2D eigenvalue weighted by atomic mass is 32.2. The van der Waals surface area contributed by atoms with E-state index in [2.05, 4.69) is 17.4 Å². The summed E-state index contributed by atoms with van der Waals surface area (Å²) >= 11 is 0. The second kappa shape index (κ2) is 5.44. The van der Waals surface area contributed by atoms with Gasteiger partial charge in [-0.15, -0.1) is 0 Å². The molecule has 0 spiro atoms. The van der Waals surface area contributed by atoms with E-state index in [1.165, 1.54) is 23.3 Å². The minimum Gasteiger partial charge on any atom is -0.383 e. The predicted octanol–water partition coefficient (Wildman–Crippen LogP) is 1.96. The van der Waals surface area contributed by atoms with E-state index >= 15 is 0 Å². The van der Waals surface area contributed by atoms with Gasteiger partial charge in [0.25, 0.3) is 0 Å². The molecule has 3 rings (SSSR count). The molecule has 2 aromatic carbocycles. The molecule has 0 aromatic heterocycles. The van der Waals surface area contributed by atoms with Gasteiger partial charge in [-0.05, 0) is 35.7 Å². The smallest absolute Gasteiger partial charge is 0.238 e. The number of anilines is 1. The Balaban J connectivity index is 1.76. The summed E-state index contributed by atoms with van der Waals surface area (Å²) < 4.78 is 22.6. The highest BCUT2D eigenvalue weighted by molar-refractivity contribution is 7.89. The lowest BCUT2D eigenvalue weighted by Gasteiger charge is -2.30. The standard InChI is InChI=1S/C16H15N3O2S/c17-9-12-8-14(22(18,20)21)5-6-16(12)19-10-13-7-11-3-1-2-4-15(11)13/h1-6,8,13,19H,7,10H2,(H2,18,20,21)/t13-/m0/s1. The average Bonchev–Trinajstić information content (AvgIpc) is 2.47. The van der Waals surface area contributed by atoms with E-state index < -0.39 is 10.0 Å². The third-order valence-electron chi connectivity index (χ3n) is 3.94. The van der Waals surface area contributed by atoms with Crippen molar-refractivity contribution < 1.29 is 8.42 Å². The number of rotatable bonds is 4. The van der Waals surface area contributed by atoms with Gasteiger partial charge in [0, 0.05) is 12.5 Å². The first-order chi connectivity index (χ1) is 10.5. The van der Waals surface area contributed by atoms with Crippen molar-refractivity contribution in [3.8, 4) is 6.07 Å². The number of fused-ring (bicyclic) bond motifs is 1. The highest BCUT2D eigenvalue weighted by Crippen LogP contribution is 2.35. The number of nitrogens with two attached hydrogens (primary N) is 1. The van der Waals surface area contributed by atoms with Crippen LogP contribution in [0, 0.1) is 11.3 Å². The monoisotopic (exact) mass is 313 g/mol. The number of hydrogen-bond donors (Lipinski definition) is 2. The zero-order valence-corrected chi connectivity index (χ0v) is 12.6. The van der Waals surface area contributed by atoms with E-state index in [4.69, 9.17) is 5.14 Å². The number of hydrogen-bond acceptors (Lipinski definition) is 4. The van der Waals surface area contributed by atoms with Crippen molar-refractivity contribution in [3.63, 3.8) is 0 Å². The van der Waals surface area contributed by atoms with E-state index in [1.807, 2.05) is 18.2 Å². The van der Waals surface area contributed by atoms with Crippen LogP contribution in [0.1, 0.15) is 22.6 Å². The first kappa shape index (κ1) is 14.6. The highest BCUT2D eigenvalue weighted by Gasteiger charge is 2.25. The Hall–Kier alpha value is -2.36. The van der Waals surface area contributed by atoms with Crippen molar-refractivity contribution in [1.29, 1.82) is 5.26 Å². The molecule has 1 aliphatic rings. The van der Waals surface area contributed by atoms with Crippen LogP contribution in [-0.4, -0.2) is 15.0 Å². The molecule has 6 heteroatoms. The maximum Gasteiger partial charge on any atom is 0.238 e. The van der Waals surface area contributed by atoms with Crippen molar-refractivity contribution in [2.45, 2.75) is 17.2 Å². The molecule has 1 aliphatic carbocycles. The molecule has 0 aliphatic heterocycles. The van der Waals surface area contributed by atoms with Crippen LogP contribution in [0.5, 0.6) is 0 Å². The maximum absolute atomic E-state index is 11.3. The first-order valence-electron chi connectivity index (χ1n) is 6.87. The van der Waals surface area contributed by atoms with Crippen molar-refractivity contribution in [2.75, 3.05) is 11.9 Å². The Morgan fingerprint density at radius 3 is 2.73 bits per heavy atom. The van der Waals surface area contributed by atoms with Gasteiger partial charge < -0.3 is 5.32 Å². The Morgan fingerprint density at radius 2 is 2.05 bits per heavy atom. The van der Waals surface area contributed by atoms with E-state index in [-0.39, 0.29) is 10.5 Å². The van der Waals surface area contributed by atoms with Gasteiger partial charge in [-0.1, -0.05) is 24.3 Å². The van der Waals surface area contributed by atoms with Crippen LogP contribution in [0.4, 0.5) is 5.69 Å². The number of nitrogens with zero attached hydrogens (tertiary/aromatic N) is 1. The van der Waals surface area contributed by atoms with Crippen LogP contribution in [0.2, 0.25) is 0 Å². The summed E-state index contributed by atoms with van der Waals surface area (Å²) in [6.45, 7) is 0.709. The molecule has 0 heterocycles. The molecule has 2 aromatic rings. The summed E-state index contributed by atoms with van der Waals surface area (Å²) in [6.07, 6.45) is 1.01. The fourth-order valence-electron chi connectivity index (χ4n) is 2.72. The molecular formula is C16H15N3O2S. The number of sulfonamides is 1.